The van der Waals surface area contributed by atoms with Gasteiger partial charge < -0.3 is 14.1 Å². The van der Waals surface area contributed by atoms with Gasteiger partial charge in [0.05, 0.1) is 12.9 Å². The molecule has 1 aliphatic rings. The Hall–Kier alpha value is -2.64. The van der Waals surface area contributed by atoms with E-state index in [2.05, 4.69) is 26.1 Å². The summed E-state index contributed by atoms with van der Waals surface area (Å²) in [6, 6.07) is 14.9. The number of hydrogen-bond donors (Lipinski definition) is 1. The van der Waals surface area contributed by atoms with Gasteiger partial charge in [-0.1, -0.05) is 28.1 Å². The summed E-state index contributed by atoms with van der Waals surface area (Å²) in [7, 11) is 0. The summed E-state index contributed by atoms with van der Waals surface area (Å²) in [5.41, 5.74) is 2.15. The molecule has 6 nitrogen and oxygen atoms in total. The molecule has 7 heteroatoms. The van der Waals surface area contributed by atoms with Gasteiger partial charge in [-0.3, -0.25) is 10.1 Å². The predicted molar refractivity (Wildman–Crippen MR) is 123 cm³/mol. The Balaban J connectivity index is 1.13. The van der Waals surface area contributed by atoms with Gasteiger partial charge in [0.25, 0.3) is 0 Å². The molecule has 1 amide bonds. The van der Waals surface area contributed by atoms with Crippen LogP contribution in [0.3, 0.4) is 0 Å². The smallest absolute Gasteiger partial charge is 0.411 e. The number of anilines is 1. The van der Waals surface area contributed by atoms with Crippen LogP contribution >= 0.6 is 15.9 Å². The monoisotopic (exact) mass is 484 g/mol. The molecule has 0 radical (unpaired) electrons. The first-order valence-corrected chi connectivity index (χ1v) is 11.3. The molecule has 0 bridgehead atoms. The highest BCUT2D eigenvalue weighted by molar-refractivity contribution is 9.10. The van der Waals surface area contributed by atoms with E-state index in [1.165, 1.54) is 0 Å². The topological polar surface area (TPSA) is 71.8 Å². The second kappa shape index (κ2) is 10.1. The summed E-state index contributed by atoms with van der Waals surface area (Å²) in [6.45, 7) is 2.99. The number of carbonyl (C=O) groups excluding carboxylic acids is 2. The van der Waals surface area contributed by atoms with Gasteiger partial charge >= 0.3 is 6.09 Å². The third kappa shape index (κ3) is 5.74. The van der Waals surface area contributed by atoms with Gasteiger partial charge in [-0.2, -0.15) is 0 Å². The number of piperidine rings is 1. The van der Waals surface area contributed by atoms with Crippen LogP contribution in [0.2, 0.25) is 0 Å². The fraction of sp³-hybridized carbons (Fsp3) is 0.333. The predicted octanol–water partition coefficient (Wildman–Crippen LogP) is 5.73. The van der Waals surface area contributed by atoms with Crippen LogP contribution in [-0.2, 0) is 4.74 Å². The fourth-order valence-corrected chi connectivity index (χ4v) is 4.17. The van der Waals surface area contributed by atoms with Crippen LogP contribution in [0.15, 0.2) is 63.7 Å². The standard InChI is InChI=1S/C24H25BrN2O4/c25-20-5-2-18(3-6-20)23(28)19-8-12-27(13-9-19)11-1-14-31-24(29)26-21-7-4-17-10-15-30-22(17)16-21/h2-7,10,15-16,19H,1,8-9,11-14H2,(H,26,29). The number of halogens is 1. The summed E-state index contributed by atoms with van der Waals surface area (Å²) < 4.78 is 11.6. The second-order valence-electron chi connectivity index (χ2n) is 7.77. The number of Topliss-reactive ketones (excluding diaryl/α,β-unsaturated/α-hetero) is 1. The van der Waals surface area contributed by atoms with E-state index in [0.29, 0.717) is 12.3 Å². The van der Waals surface area contributed by atoms with E-state index in [-0.39, 0.29) is 11.7 Å². The molecule has 0 unspecified atom stereocenters. The Morgan fingerprint density at radius 1 is 1.10 bits per heavy atom. The molecule has 31 heavy (non-hydrogen) atoms. The van der Waals surface area contributed by atoms with Crippen molar-refractivity contribution in [3.63, 3.8) is 0 Å². The Morgan fingerprint density at radius 2 is 1.87 bits per heavy atom. The van der Waals surface area contributed by atoms with Crippen molar-refractivity contribution in [1.82, 2.24) is 4.90 Å². The Kier molecular flexibility index (Phi) is 7.04. The van der Waals surface area contributed by atoms with Crippen molar-refractivity contribution < 1.29 is 18.7 Å². The first-order chi connectivity index (χ1) is 15.1. The molecule has 162 valence electrons. The van der Waals surface area contributed by atoms with Crippen molar-refractivity contribution in [2.24, 2.45) is 5.92 Å². The number of likely N-dealkylation sites (tertiary alicyclic amines) is 1. The summed E-state index contributed by atoms with van der Waals surface area (Å²) >= 11 is 3.40. The Bertz CT molecular complexity index is 1040. The molecule has 1 fully saturated rings. The highest BCUT2D eigenvalue weighted by Crippen LogP contribution is 2.23. The number of nitrogens with one attached hydrogen (secondary N) is 1. The molecule has 3 aromatic rings. The first-order valence-electron chi connectivity index (χ1n) is 10.5. The van der Waals surface area contributed by atoms with Crippen LogP contribution in [0.25, 0.3) is 11.0 Å². The molecule has 2 heterocycles. The molecular formula is C24H25BrN2O4. The normalized spacial score (nSPS) is 15.1. The zero-order chi connectivity index (χ0) is 21.6. The molecule has 0 aliphatic carbocycles. The Labute approximate surface area is 189 Å². The molecule has 0 saturated carbocycles. The van der Waals surface area contributed by atoms with Gasteiger partial charge in [0, 0.05) is 39.6 Å². The van der Waals surface area contributed by atoms with E-state index >= 15 is 0 Å². The van der Waals surface area contributed by atoms with Crippen LogP contribution in [0.4, 0.5) is 10.5 Å². The molecule has 1 aliphatic heterocycles. The Morgan fingerprint density at radius 3 is 2.65 bits per heavy atom. The van der Waals surface area contributed by atoms with Crippen molar-refractivity contribution in [2.75, 3.05) is 31.6 Å². The lowest BCUT2D eigenvalue weighted by Gasteiger charge is -2.31. The number of hydrogen-bond acceptors (Lipinski definition) is 5. The van der Waals surface area contributed by atoms with E-state index in [0.717, 1.165) is 59.9 Å². The minimum absolute atomic E-state index is 0.0888. The quantitative estimate of drug-likeness (QED) is 0.342. The average molecular weight is 485 g/mol. The number of furan rings is 1. The van der Waals surface area contributed by atoms with Crippen molar-refractivity contribution in [3.8, 4) is 0 Å². The van der Waals surface area contributed by atoms with Crippen molar-refractivity contribution >= 4 is 44.5 Å². The summed E-state index contributed by atoms with van der Waals surface area (Å²) in [5.74, 6) is 0.325. The van der Waals surface area contributed by atoms with Crippen molar-refractivity contribution in [2.45, 2.75) is 19.3 Å². The maximum atomic E-state index is 12.7. The van der Waals surface area contributed by atoms with E-state index in [9.17, 15) is 9.59 Å². The largest absolute Gasteiger partial charge is 0.464 e. The van der Waals surface area contributed by atoms with Gasteiger partial charge in [0.2, 0.25) is 0 Å². The van der Waals surface area contributed by atoms with Gasteiger partial charge in [-0.25, -0.2) is 4.79 Å². The minimum atomic E-state index is -0.468. The molecule has 2 aromatic carbocycles. The maximum absolute atomic E-state index is 12.7. The summed E-state index contributed by atoms with van der Waals surface area (Å²) in [4.78, 5) is 27.0. The third-order valence-corrected chi connectivity index (χ3v) is 6.17. The number of rotatable bonds is 7. The van der Waals surface area contributed by atoms with Gasteiger partial charge in [0.15, 0.2) is 5.78 Å². The van der Waals surface area contributed by atoms with Gasteiger partial charge in [-0.15, -0.1) is 0 Å². The SMILES string of the molecule is O=C(Nc1ccc2ccoc2c1)OCCCN1CCC(C(=O)c2ccc(Br)cc2)CC1. The summed E-state index contributed by atoms with van der Waals surface area (Å²) in [6.07, 6.45) is 3.64. The van der Waals surface area contributed by atoms with E-state index in [4.69, 9.17) is 9.15 Å². The number of benzene rings is 2. The van der Waals surface area contributed by atoms with Crippen molar-refractivity contribution in [1.29, 1.82) is 0 Å². The number of amides is 1. The average Bonchev–Trinajstić information content (AvgIpc) is 3.25. The molecule has 0 atom stereocenters. The fourth-order valence-electron chi connectivity index (χ4n) is 3.91. The third-order valence-electron chi connectivity index (χ3n) is 5.64. The first kappa shape index (κ1) is 21.6. The highest BCUT2D eigenvalue weighted by Gasteiger charge is 2.25. The molecule has 0 spiro atoms. The van der Waals surface area contributed by atoms with Crippen LogP contribution in [-0.4, -0.2) is 43.0 Å². The number of fused-ring (bicyclic) bond motifs is 1. The zero-order valence-electron chi connectivity index (χ0n) is 17.2. The molecule has 4 rings (SSSR count). The highest BCUT2D eigenvalue weighted by atomic mass is 79.9. The van der Waals surface area contributed by atoms with Crippen LogP contribution in [0, 0.1) is 5.92 Å². The minimum Gasteiger partial charge on any atom is -0.464 e. The van der Waals surface area contributed by atoms with E-state index < -0.39 is 6.09 Å². The van der Waals surface area contributed by atoms with Crippen LogP contribution < -0.4 is 5.32 Å². The molecule has 1 aromatic heterocycles. The zero-order valence-corrected chi connectivity index (χ0v) is 18.8. The van der Waals surface area contributed by atoms with Crippen LogP contribution in [0.5, 0.6) is 0 Å². The maximum Gasteiger partial charge on any atom is 0.411 e. The lowest BCUT2D eigenvalue weighted by atomic mass is 9.89. The molecule has 1 N–H and O–H groups in total. The van der Waals surface area contributed by atoms with E-state index in [1.54, 1.807) is 12.3 Å². The molecule has 1 saturated heterocycles. The van der Waals surface area contributed by atoms with E-state index in [1.807, 2.05) is 42.5 Å². The van der Waals surface area contributed by atoms with Crippen LogP contribution in [0.1, 0.15) is 29.6 Å². The summed E-state index contributed by atoms with van der Waals surface area (Å²) in [5, 5.41) is 3.71. The lowest BCUT2D eigenvalue weighted by Crippen LogP contribution is -2.37. The molecular weight excluding hydrogens is 460 g/mol. The number of ketones is 1. The number of nitrogens with zero attached hydrogens (tertiary/aromatic N) is 1. The van der Waals surface area contributed by atoms with Gasteiger partial charge in [-0.05, 0) is 62.7 Å². The van der Waals surface area contributed by atoms with Gasteiger partial charge in [0.1, 0.15) is 5.58 Å². The number of ether oxygens (including phenoxy) is 1. The lowest BCUT2D eigenvalue weighted by molar-refractivity contribution is 0.0830. The number of carbonyl (C=O) groups is 2. The second-order valence-corrected chi connectivity index (χ2v) is 8.69. The van der Waals surface area contributed by atoms with Crippen molar-refractivity contribution in [3.05, 3.63) is 64.8 Å².